The monoisotopic (exact) mass is 250 g/mol. The van der Waals surface area contributed by atoms with Gasteiger partial charge < -0.3 is 5.73 Å². The molecule has 0 aliphatic rings. The quantitative estimate of drug-likeness (QED) is 0.760. The largest absolute Gasteiger partial charge is 0.397 e. The zero-order valence-electron chi connectivity index (χ0n) is 10.6. The number of aromatic nitrogens is 3. The van der Waals surface area contributed by atoms with Gasteiger partial charge in [-0.3, -0.25) is 9.67 Å². The van der Waals surface area contributed by atoms with Crippen LogP contribution in [0.5, 0.6) is 0 Å². The molecule has 0 fully saturated rings. The van der Waals surface area contributed by atoms with Crippen molar-refractivity contribution in [2.45, 2.75) is 0 Å². The summed E-state index contributed by atoms with van der Waals surface area (Å²) in [6, 6.07) is 12.2. The van der Waals surface area contributed by atoms with E-state index in [0.29, 0.717) is 5.69 Å². The van der Waals surface area contributed by atoms with Crippen LogP contribution in [0.3, 0.4) is 0 Å². The van der Waals surface area contributed by atoms with Crippen LogP contribution in [0.25, 0.3) is 22.4 Å². The number of nitrogens with zero attached hydrogens (tertiary/aromatic N) is 3. The summed E-state index contributed by atoms with van der Waals surface area (Å²) in [5, 5.41) is 4.19. The molecule has 0 aliphatic heterocycles. The maximum absolute atomic E-state index is 5.78. The van der Waals surface area contributed by atoms with Crippen molar-refractivity contribution in [2.75, 3.05) is 5.73 Å². The molecule has 2 N–H and O–H groups in total. The summed E-state index contributed by atoms with van der Waals surface area (Å²) in [6.45, 7) is 0. The molecule has 0 aliphatic carbocycles. The maximum atomic E-state index is 5.78. The molecule has 1 aromatic carbocycles. The van der Waals surface area contributed by atoms with E-state index in [1.807, 2.05) is 36.1 Å². The number of nitrogen functional groups attached to an aromatic ring is 1. The SMILES string of the molecule is Cn1nccc1-c1cccc(-c2cncc(N)c2)c1. The van der Waals surface area contributed by atoms with Gasteiger partial charge in [-0.05, 0) is 23.8 Å². The van der Waals surface area contributed by atoms with Crippen LogP contribution >= 0.6 is 0 Å². The van der Waals surface area contributed by atoms with Crippen LogP contribution < -0.4 is 5.73 Å². The van der Waals surface area contributed by atoms with Gasteiger partial charge in [0.1, 0.15) is 0 Å². The van der Waals surface area contributed by atoms with Gasteiger partial charge in [0.2, 0.25) is 0 Å². The van der Waals surface area contributed by atoms with E-state index in [4.69, 9.17) is 5.73 Å². The molecule has 3 aromatic rings. The Morgan fingerprint density at radius 1 is 1.00 bits per heavy atom. The Kier molecular flexibility index (Phi) is 2.76. The van der Waals surface area contributed by atoms with E-state index in [0.717, 1.165) is 22.4 Å². The third-order valence-electron chi connectivity index (χ3n) is 3.07. The molecular weight excluding hydrogens is 236 g/mol. The van der Waals surface area contributed by atoms with Crippen molar-refractivity contribution >= 4 is 5.69 Å². The fraction of sp³-hybridized carbons (Fsp3) is 0.0667. The van der Waals surface area contributed by atoms with E-state index in [1.165, 1.54) is 0 Å². The average Bonchev–Trinajstić information content (AvgIpc) is 2.85. The number of pyridine rings is 1. The van der Waals surface area contributed by atoms with Crippen molar-refractivity contribution in [2.24, 2.45) is 7.05 Å². The molecule has 4 nitrogen and oxygen atoms in total. The van der Waals surface area contributed by atoms with E-state index in [1.54, 1.807) is 12.4 Å². The number of anilines is 1. The van der Waals surface area contributed by atoms with Gasteiger partial charge in [0, 0.05) is 36.8 Å². The van der Waals surface area contributed by atoms with Gasteiger partial charge in [-0.1, -0.05) is 18.2 Å². The molecule has 4 heteroatoms. The van der Waals surface area contributed by atoms with Gasteiger partial charge in [-0.15, -0.1) is 0 Å². The molecule has 0 bridgehead atoms. The van der Waals surface area contributed by atoms with Crippen LogP contribution in [0.2, 0.25) is 0 Å². The molecule has 2 aromatic heterocycles. The van der Waals surface area contributed by atoms with Crippen LogP contribution in [0.4, 0.5) is 5.69 Å². The van der Waals surface area contributed by atoms with Gasteiger partial charge in [0.15, 0.2) is 0 Å². The lowest BCUT2D eigenvalue weighted by Crippen LogP contribution is -1.93. The van der Waals surface area contributed by atoms with E-state index in [9.17, 15) is 0 Å². The third-order valence-corrected chi connectivity index (χ3v) is 3.07. The number of rotatable bonds is 2. The highest BCUT2D eigenvalue weighted by molar-refractivity contribution is 5.72. The first-order chi connectivity index (χ1) is 9.24. The lowest BCUT2D eigenvalue weighted by molar-refractivity contribution is 0.776. The first kappa shape index (κ1) is 11.5. The lowest BCUT2D eigenvalue weighted by atomic mass is 10.0. The van der Waals surface area contributed by atoms with Crippen LogP contribution in [-0.4, -0.2) is 14.8 Å². The molecule has 0 radical (unpaired) electrons. The molecule has 0 saturated carbocycles. The Morgan fingerprint density at radius 3 is 2.58 bits per heavy atom. The zero-order chi connectivity index (χ0) is 13.2. The fourth-order valence-corrected chi connectivity index (χ4v) is 2.13. The summed E-state index contributed by atoms with van der Waals surface area (Å²) in [4.78, 5) is 4.13. The fourth-order valence-electron chi connectivity index (χ4n) is 2.13. The topological polar surface area (TPSA) is 56.7 Å². The summed E-state index contributed by atoms with van der Waals surface area (Å²) >= 11 is 0. The molecule has 0 saturated heterocycles. The standard InChI is InChI=1S/C15H14N4/c1-19-15(5-6-18-19)12-4-2-3-11(7-12)13-8-14(16)10-17-9-13/h2-10H,16H2,1H3. The summed E-state index contributed by atoms with van der Waals surface area (Å²) in [6.07, 6.45) is 5.26. The van der Waals surface area contributed by atoms with Gasteiger partial charge >= 0.3 is 0 Å². The number of nitrogens with two attached hydrogens (primary N) is 1. The summed E-state index contributed by atoms with van der Waals surface area (Å²) < 4.78 is 1.86. The second-order valence-electron chi connectivity index (χ2n) is 4.43. The number of hydrogen-bond donors (Lipinski definition) is 1. The predicted molar refractivity (Wildman–Crippen MR) is 76.3 cm³/mol. The van der Waals surface area contributed by atoms with E-state index < -0.39 is 0 Å². The minimum absolute atomic E-state index is 0.670. The molecule has 2 heterocycles. The highest BCUT2D eigenvalue weighted by atomic mass is 15.2. The van der Waals surface area contributed by atoms with Crippen molar-refractivity contribution in [3.8, 4) is 22.4 Å². The van der Waals surface area contributed by atoms with Gasteiger partial charge in [0.25, 0.3) is 0 Å². The second kappa shape index (κ2) is 4.57. The van der Waals surface area contributed by atoms with E-state index in [2.05, 4.69) is 28.3 Å². The highest BCUT2D eigenvalue weighted by Gasteiger charge is 2.05. The maximum Gasteiger partial charge on any atom is 0.0679 e. The molecule has 3 rings (SSSR count). The second-order valence-corrected chi connectivity index (χ2v) is 4.43. The summed E-state index contributed by atoms with van der Waals surface area (Å²) in [5.74, 6) is 0. The van der Waals surface area contributed by atoms with Crippen LogP contribution in [0, 0.1) is 0 Å². The lowest BCUT2D eigenvalue weighted by Gasteiger charge is -2.06. The van der Waals surface area contributed by atoms with Crippen molar-refractivity contribution in [1.29, 1.82) is 0 Å². The Labute approximate surface area is 111 Å². The molecular formula is C15H14N4. The van der Waals surface area contributed by atoms with E-state index >= 15 is 0 Å². The van der Waals surface area contributed by atoms with Gasteiger partial charge in [0.05, 0.1) is 11.4 Å². The molecule has 19 heavy (non-hydrogen) atoms. The molecule has 0 amide bonds. The molecule has 0 spiro atoms. The number of hydrogen-bond acceptors (Lipinski definition) is 3. The Bertz CT molecular complexity index is 715. The Balaban J connectivity index is 2.08. The van der Waals surface area contributed by atoms with Gasteiger partial charge in [-0.25, -0.2) is 0 Å². The third kappa shape index (κ3) is 2.20. The predicted octanol–water partition coefficient (Wildman–Crippen LogP) is 2.73. The minimum Gasteiger partial charge on any atom is -0.397 e. The van der Waals surface area contributed by atoms with Crippen molar-refractivity contribution in [3.63, 3.8) is 0 Å². The van der Waals surface area contributed by atoms with Crippen LogP contribution in [0.15, 0.2) is 55.0 Å². The highest BCUT2D eigenvalue weighted by Crippen LogP contribution is 2.26. The summed E-state index contributed by atoms with van der Waals surface area (Å²) in [5.41, 5.74) is 10.8. The molecule has 94 valence electrons. The first-order valence-electron chi connectivity index (χ1n) is 6.03. The van der Waals surface area contributed by atoms with Gasteiger partial charge in [-0.2, -0.15) is 5.10 Å². The first-order valence-corrected chi connectivity index (χ1v) is 6.03. The molecule has 0 atom stereocenters. The van der Waals surface area contributed by atoms with Crippen molar-refractivity contribution in [3.05, 3.63) is 55.0 Å². The normalized spacial score (nSPS) is 10.6. The van der Waals surface area contributed by atoms with Crippen LogP contribution in [-0.2, 0) is 7.05 Å². The minimum atomic E-state index is 0.670. The average molecular weight is 250 g/mol. The number of benzene rings is 1. The van der Waals surface area contributed by atoms with Crippen molar-refractivity contribution < 1.29 is 0 Å². The van der Waals surface area contributed by atoms with E-state index in [-0.39, 0.29) is 0 Å². The molecule has 0 unspecified atom stereocenters. The zero-order valence-corrected chi connectivity index (χ0v) is 10.6. The Hall–Kier alpha value is -2.62. The number of aryl methyl sites for hydroxylation is 1. The van der Waals surface area contributed by atoms with Crippen molar-refractivity contribution in [1.82, 2.24) is 14.8 Å². The Morgan fingerprint density at radius 2 is 1.84 bits per heavy atom. The summed E-state index contributed by atoms with van der Waals surface area (Å²) in [7, 11) is 1.93. The van der Waals surface area contributed by atoms with Crippen LogP contribution in [0.1, 0.15) is 0 Å². The smallest absolute Gasteiger partial charge is 0.0679 e.